The Balaban J connectivity index is 1.28. The smallest absolute Gasteiger partial charge is 0.344 e. The minimum absolute atomic E-state index is 0.0193. The van der Waals surface area contributed by atoms with E-state index in [9.17, 15) is 4.79 Å². The molecular weight excluding hydrogens is 312 g/mol. The standard InChI is InChI=1S/C22H30O3/c1-3-14(2)17-4-6-20(7-5-17)24-13-21(23)25-22-18-9-15-8-16(11-18)12-19(22)10-15/h4-7,14-16,18-19,22H,3,8-13H2,1-2H3. The molecule has 1 aromatic carbocycles. The van der Waals surface area contributed by atoms with Crippen LogP contribution in [0.4, 0.5) is 0 Å². The third-order valence-corrected chi connectivity index (χ3v) is 6.83. The van der Waals surface area contributed by atoms with Crippen molar-refractivity contribution >= 4 is 5.97 Å². The molecule has 0 aliphatic heterocycles. The van der Waals surface area contributed by atoms with Crippen LogP contribution in [-0.4, -0.2) is 18.7 Å². The van der Waals surface area contributed by atoms with Gasteiger partial charge in [-0.3, -0.25) is 0 Å². The van der Waals surface area contributed by atoms with Gasteiger partial charge in [-0.25, -0.2) is 4.79 Å². The molecule has 4 saturated carbocycles. The molecular formula is C22H30O3. The summed E-state index contributed by atoms with van der Waals surface area (Å²) in [6.07, 6.45) is 7.76. The van der Waals surface area contributed by atoms with Gasteiger partial charge < -0.3 is 9.47 Å². The van der Waals surface area contributed by atoms with Crippen molar-refractivity contribution in [2.24, 2.45) is 23.7 Å². The molecule has 5 rings (SSSR count). The number of hydrogen-bond acceptors (Lipinski definition) is 3. The van der Waals surface area contributed by atoms with E-state index in [-0.39, 0.29) is 18.7 Å². The molecule has 3 nitrogen and oxygen atoms in total. The van der Waals surface area contributed by atoms with Crippen molar-refractivity contribution in [3.05, 3.63) is 29.8 Å². The Morgan fingerprint density at radius 2 is 1.64 bits per heavy atom. The van der Waals surface area contributed by atoms with Gasteiger partial charge in [-0.05, 0) is 85.8 Å². The number of rotatable bonds is 6. The maximum absolute atomic E-state index is 12.3. The summed E-state index contributed by atoms with van der Waals surface area (Å²) < 4.78 is 11.5. The molecule has 1 aromatic rings. The highest BCUT2D eigenvalue weighted by molar-refractivity contribution is 5.71. The van der Waals surface area contributed by atoms with E-state index in [0.29, 0.717) is 17.8 Å². The first-order valence-corrected chi connectivity index (χ1v) is 10.0. The van der Waals surface area contributed by atoms with Crippen LogP contribution in [0.15, 0.2) is 24.3 Å². The predicted octanol–water partition coefficient (Wildman–Crippen LogP) is 4.95. The van der Waals surface area contributed by atoms with Crippen LogP contribution in [0.3, 0.4) is 0 Å². The average Bonchev–Trinajstić information content (AvgIpc) is 2.62. The number of esters is 1. The summed E-state index contributed by atoms with van der Waals surface area (Å²) >= 11 is 0. The van der Waals surface area contributed by atoms with E-state index in [1.807, 2.05) is 12.1 Å². The Labute approximate surface area is 151 Å². The third kappa shape index (κ3) is 3.56. The molecule has 0 N–H and O–H groups in total. The summed E-state index contributed by atoms with van der Waals surface area (Å²) in [6, 6.07) is 8.09. The van der Waals surface area contributed by atoms with Crippen molar-refractivity contribution in [2.45, 2.75) is 64.4 Å². The molecule has 1 unspecified atom stereocenters. The van der Waals surface area contributed by atoms with E-state index in [2.05, 4.69) is 26.0 Å². The van der Waals surface area contributed by atoms with Gasteiger partial charge in [0, 0.05) is 0 Å². The number of hydrogen-bond donors (Lipinski definition) is 0. The Bertz CT molecular complexity index is 578. The fraction of sp³-hybridized carbons (Fsp3) is 0.682. The van der Waals surface area contributed by atoms with Crippen LogP contribution >= 0.6 is 0 Å². The summed E-state index contributed by atoms with van der Waals surface area (Å²) in [7, 11) is 0. The van der Waals surface area contributed by atoms with Gasteiger partial charge >= 0.3 is 5.97 Å². The monoisotopic (exact) mass is 342 g/mol. The maximum Gasteiger partial charge on any atom is 0.344 e. The maximum atomic E-state index is 12.3. The molecule has 4 aliphatic carbocycles. The summed E-state index contributed by atoms with van der Waals surface area (Å²) in [6.45, 7) is 4.43. The zero-order valence-electron chi connectivity index (χ0n) is 15.4. The molecule has 1 atom stereocenters. The second kappa shape index (κ2) is 7.01. The first-order valence-electron chi connectivity index (χ1n) is 10.0. The lowest BCUT2D eigenvalue weighted by atomic mass is 9.55. The van der Waals surface area contributed by atoms with E-state index in [1.165, 1.54) is 37.7 Å². The zero-order valence-corrected chi connectivity index (χ0v) is 15.4. The van der Waals surface area contributed by atoms with Crippen molar-refractivity contribution in [3.8, 4) is 5.75 Å². The minimum atomic E-state index is -0.205. The summed E-state index contributed by atoms with van der Waals surface area (Å²) in [5.74, 6) is 4.11. The lowest BCUT2D eigenvalue weighted by molar-refractivity contribution is -0.172. The van der Waals surface area contributed by atoms with Crippen LogP contribution in [0.25, 0.3) is 0 Å². The van der Waals surface area contributed by atoms with Crippen molar-refractivity contribution in [3.63, 3.8) is 0 Å². The van der Waals surface area contributed by atoms with Gasteiger partial charge in [0.15, 0.2) is 6.61 Å². The highest BCUT2D eigenvalue weighted by Crippen LogP contribution is 2.54. The largest absolute Gasteiger partial charge is 0.482 e. The van der Waals surface area contributed by atoms with Crippen LogP contribution in [0.5, 0.6) is 5.75 Å². The van der Waals surface area contributed by atoms with Gasteiger partial charge in [0.25, 0.3) is 0 Å². The van der Waals surface area contributed by atoms with Crippen LogP contribution in [0.1, 0.15) is 63.9 Å². The van der Waals surface area contributed by atoms with E-state index < -0.39 is 0 Å². The van der Waals surface area contributed by atoms with E-state index in [1.54, 1.807) is 0 Å². The average molecular weight is 342 g/mol. The molecule has 4 fully saturated rings. The second-order valence-electron chi connectivity index (χ2n) is 8.55. The highest BCUT2D eigenvalue weighted by atomic mass is 16.6. The summed E-state index contributed by atoms with van der Waals surface area (Å²) in [4.78, 5) is 12.3. The van der Waals surface area contributed by atoms with E-state index in [4.69, 9.17) is 9.47 Å². The quantitative estimate of drug-likeness (QED) is 0.686. The number of carbonyl (C=O) groups excluding carboxylic acids is 1. The van der Waals surface area contributed by atoms with Gasteiger partial charge in [0.2, 0.25) is 0 Å². The third-order valence-electron chi connectivity index (χ3n) is 6.83. The first-order chi connectivity index (χ1) is 12.1. The molecule has 0 aromatic heterocycles. The Kier molecular flexibility index (Phi) is 4.75. The van der Waals surface area contributed by atoms with Crippen molar-refractivity contribution in [2.75, 3.05) is 6.61 Å². The van der Waals surface area contributed by atoms with Crippen LogP contribution < -0.4 is 4.74 Å². The molecule has 4 aliphatic rings. The molecule has 0 saturated heterocycles. The van der Waals surface area contributed by atoms with Crippen LogP contribution in [-0.2, 0) is 9.53 Å². The fourth-order valence-electron chi connectivity index (χ4n) is 5.52. The van der Waals surface area contributed by atoms with Crippen molar-refractivity contribution in [1.29, 1.82) is 0 Å². The van der Waals surface area contributed by atoms with Crippen molar-refractivity contribution < 1.29 is 14.3 Å². The molecule has 0 heterocycles. The van der Waals surface area contributed by atoms with Gasteiger partial charge in [-0.1, -0.05) is 26.0 Å². The minimum Gasteiger partial charge on any atom is -0.482 e. The topological polar surface area (TPSA) is 35.5 Å². The van der Waals surface area contributed by atoms with E-state index >= 15 is 0 Å². The van der Waals surface area contributed by atoms with Gasteiger partial charge in [0.1, 0.15) is 11.9 Å². The lowest BCUT2D eigenvalue weighted by Crippen LogP contribution is -2.50. The predicted molar refractivity (Wildman–Crippen MR) is 97.6 cm³/mol. The summed E-state index contributed by atoms with van der Waals surface area (Å²) in [5.41, 5.74) is 1.31. The number of benzene rings is 1. The molecule has 136 valence electrons. The number of carbonyl (C=O) groups is 1. The van der Waals surface area contributed by atoms with Gasteiger partial charge in [-0.2, -0.15) is 0 Å². The Hall–Kier alpha value is -1.51. The molecule has 0 spiro atoms. The van der Waals surface area contributed by atoms with Crippen molar-refractivity contribution in [1.82, 2.24) is 0 Å². The van der Waals surface area contributed by atoms with Gasteiger partial charge in [0.05, 0.1) is 0 Å². The van der Waals surface area contributed by atoms with Crippen LogP contribution in [0.2, 0.25) is 0 Å². The Morgan fingerprint density at radius 3 is 2.20 bits per heavy atom. The van der Waals surface area contributed by atoms with E-state index in [0.717, 1.165) is 24.0 Å². The zero-order chi connectivity index (χ0) is 17.4. The fourth-order valence-corrected chi connectivity index (χ4v) is 5.52. The molecule has 4 bridgehead atoms. The molecule has 25 heavy (non-hydrogen) atoms. The lowest BCUT2D eigenvalue weighted by Gasteiger charge is -2.53. The second-order valence-corrected chi connectivity index (χ2v) is 8.55. The normalized spacial score (nSPS) is 33.9. The number of ether oxygens (including phenoxy) is 2. The molecule has 0 radical (unpaired) electrons. The highest BCUT2D eigenvalue weighted by Gasteiger charge is 2.49. The Morgan fingerprint density at radius 1 is 1.04 bits per heavy atom. The SMILES string of the molecule is CCC(C)c1ccc(OCC(=O)OC2C3CC4CC(C3)CC2C4)cc1. The molecule has 0 amide bonds. The molecule has 3 heteroatoms. The van der Waals surface area contributed by atoms with Gasteiger partial charge in [-0.15, -0.1) is 0 Å². The van der Waals surface area contributed by atoms with Crippen LogP contribution in [0, 0.1) is 23.7 Å². The first kappa shape index (κ1) is 16.9. The summed E-state index contributed by atoms with van der Waals surface area (Å²) in [5, 5.41) is 0.